The van der Waals surface area contributed by atoms with Gasteiger partial charge in [0.25, 0.3) is 0 Å². The molecule has 0 fully saturated rings. The topological polar surface area (TPSA) is 115 Å². The average Bonchev–Trinajstić information content (AvgIpc) is 2.92. The van der Waals surface area contributed by atoms with Gasteiger partial charge in [-0.05, 0) is 55.5 Å². The fraction of sp³-hybridized carbons (Fsp3) is 0.154. The van der Waals surface area contributed by atoms with E-state index >= 15 is 0 Å². The van der Waals surface area contributed by atoms with Crippen molar-refractivity contribution in [1.82, 2.24) is 5.43 Å². The minimum Gasteiger partial charge on any atom is -0.496 e. The Kier molecular flexibility index (Phi) is 9.15. The van der Waals surface area contributed by atoms with Crippen molar-refractivity contribution in [3.05, 3.63) is 82.4 Å². The van der Waals surface area contributed by atoms with Crippen LogP contribution in [-0.2, 0) is 15.8 Å². The summed E-state index contributed by atoms with van der Waals surface area (Å²) in [7, 11) is 2.78. The largest absolute Gasteiger partial charge is 0.496 e. The van der Waals surface area contributed by atoms with Crippen molar-refractivity contribution in [3.63, 3.8) is 0 Å². The smallest absolute Gasteiger partial charge is 0.416 e. The molecule has 0 atom stereocenters. The van der Waals surface area contributed by atoms with Gasteiger partial charge in [0, 0.05) is 5.56 Å². The first-order chi connectivity index (χ1) is 18.4. The Labute approximate surface area is 225 Å². The third-order valence-corrected chi connectivity index (χ3v) is 5.51. The number of nitrogens with zero attached hydrogens (tertiary/aromatic N) is 1. The molecule has 2 amide bonds. The monoisotopic (exact) mass is 563 g/mol. The van der Waals surface area contributed by atoms with Crippen molar-refractivity contribution in [2.75, 3.05) is 19.5 Å². The summed E-state index contributed by atoms with van der Waals surface area (Å²) in [5.74, 6) is -2.61. The lowest BCUT2D eigenvalue weighted by molar-refractivity contribution is -0.137. The lowest BCUT2D eigenvalue weighted by atomic mass is 10.1. The second-order valence-corrected chi connectivity index (χ2v) is 8.15. The van der Waals surface area contributed by atoms with Crippen LogP contribution in [0.1, 0.15) is 28.4 Å². The second kappa shape index (κ2) is 12.3. The molecule has 0 saturated carbocycles. The zero-order valence-corrected chi connectivity index (χ0v) is 21.4. The number of carbonyl (C=O) groups is 3. The van der Waals surface area contributed by atoms with E-state index in [-0.39, 0.29) is 27.8 Å². The van der Waals surface area contributed by atoms with Gasteiger partial charge < -0.3 is 19.5 Å². The molecule has 2 N–H and O–H groups in total. The second-order valence-electron chi connectivity index (χ2n) is 7.74. The van der Waals surface area contributed by atoms with E-state index in [4.69, 9.17) is 25.8 Å². The number of hydrazone groups is 1. The lowest BCUT2D eigenvalue weighted by Gasteiger charge is -2.12. The summed E-state index contributed by atoms with van der Waals surface area (Å²) in [5.41, 5.74) is 1.44. The van der Waals surface area contributed by atoms with Crippen LogP contribution in [-0.4, -0.2) is 37.7 Å². The number of carbonyl (C=O) groups excluding carboxylic acids is 3. The highest BCUT2D eigenvalue weighted by molar-refractivity contribution is 6.41. The molecule has 3 rings (SSSR count). The first-order valence-corrected chi connectivity index (χ1v) is 11.4. The van der Waals surface area contributed by atoms with Crippen LogP contribution in [0, 0.1) is 0 Å². The lowest BCUT2D eigenvalue weighted by Crippen LogP contribution is -2.33. The predicted octanol–water partition coefficient (Wildman–Crippen LogP) is 5.07. The van der Waals surface area contributed by atoms with Crippen LogP contribution < -0.4 is 25.0 Å². The van der Waals surface area contributed by atoms with Gasteiger partial charge >= 0.3 is 24.0 Å². The number of para-hydroxylation sites is 1. The van der Waals surface area contributed by atoms with E-state index in [9.17, 15) is 27.6 Å². The van der Waals surface area contributed by atoms with E-state index in [1.165, 1.54) is 39.3 Å². The number of halogens is 4. The summed E-state index contributed by atoms with van der Waals surface area (Å²) in [6.45, 7) is 1.51. The van der Waals surface area contributed by atoms with E-state index in [0.717, 1.165) is 12.1 Å². The molecule has 0 saturated heterocycles. The van der Waals surface area contributed by atoms with Crippen molar-refractivity contribution in [2.45, 2.75) is 13.1 Å². The van der Waals surface area contributed by atoms with Crippen molar-refractivity contribution >= 4 is 40.8 Å². The van der Waals surface area contributed by atoms with Crippen LogP contribution in [0.25, 0.3) is 0 Å². The quantitative estimate of drug-likeness (QED) is 0.136. The first kappa shape index (κ1) is 29.0. The summed E-state index contributed by atoms with van der Waals surface area (Å²) < 4.78 is 54.7. The van der Waals surface area contributed by atoms with Gasteiger partial charge in [-0.25, -0.2) is 10.2 Å². The van der Waals surface area contributed by atoms with Gasteiger partial charge in [0.15, 0.2) is 11.5 Å². The first-order valence-electron chi connectivity index (χ1n) is 11.0. The van der Waals surface area contributed by atoms with Crippen molar-refractivity contribution in [1.29, 1.82) is 0 Å². The van der Waals surface area contributed by atoms with Gasteiger partial charge in [-0.3, -0.25) is 9.59 Å². The molecular weight excluding hydrogens is 543 g/mol. The number of benzene rings is 3. The maximum Gasteiger partial charge on any atom is 0.416 e. The number of nitrogens with one attached hydrogen (secondary N) is 2. The molecular formula is C26H21ClF3N3O6. The van der Waals surface area contributed by atoms with E-state index in [2.05, 4.69) is 5.10 Å². The molecule has 0 heterocycles. The molecule has 204 valence electrons. The fourth-order valence-electron chi connectivity index (χ4n) is 3.17. The number of hydrogen-bond acceptors (Lipinski definition) is 7. The molecule has 0 aromatic heterocycles. The van der Waals surface area contributed by atoms with Gasteiger partial charge in [-0.2, -0.15) is 18.3 Å². The summed E-state index contributed by atoms with van der Waals surface area (Å²) in [6.07, 6.45) is -4.67. The highest BCUT2D eigenvalue weighted by Crippen LogP contribution is 2.34. The zero-order chi connectivity index (χ0) is 28.7. The Bertz CT molecular complexity index is 1440. The molecule has 3 aromatic rings. The third-order valence-electron chi connectivity index (χ3n) is 5.18. The minimum absolute atomic E-state index is 0.103. The maximum atomic E-state index is 12.9. The van der Waals surface area contributed by atoms with Gasteiger partial charge in [-0.1, -0.05) is 23.7 Å². The molecule has 13 heteroatoms. The molecule has 0 spiro atoms. The van der Waals surface area contributed by atoms with Crippen molar-refractivity contribution in [3.8, 4) is 17.2 Å². The van der Waals surface area contributed by atoms with Crippen molar-refractivity contribution < 1.29 is 41.8 Å². The molecule has 0 bridgehead atoms. The van der Waals surface area contributed by atoms with Crippen molar-refractivity contribution in [2.24, 2.45) is 5.10 Å². The van der Waals surface area contributed by atoms with Crippen LogP contribution in [0.2, 0.25) is 5.02 Å². The number of ether oxygens (including phenoxy) is 3. The number of methoxy groups -OCH3 is 2. The van der Waals surface area contributed by atoms with Crippen LogP contribution in [0.15, 0.2) is 65.8 Å². The summed E-state index contributed by atoms with van der Waals surface area (Å²) in [6, 6.07) is 13.3. The van der Waals surface area contributed by atoms with Gasteiger partial charge in [-0.15, -0.1) is 0 Å². The minimum atomic E-state index is -4.67. The average molecular weight is 564 g/mol. The summed E-state index contributed by atoms with van der Waals surface area (Å²) in [5, 5.41) is 5.67. The van der Waals surface area contributed by atoms with Gasteiger partial charge in [0.05, 0.1) is 36.2 Å². The van der Waals surface area contributed by atoms with E-state index in [0.29, 0.717) is 17.4 Å². The Morgan fingerprint density at radius 2 is 1.56 bits per heavy atom. The van der Waals surface area contributed by atoms with Crippen LogP contribution in [0.3, 0.4) is 0 Å². The molecule has 0 aliphatic carbocycles. The molecule has 0 aliphatic heterocycles. The van der Waals surface area contributed by atoms with Gasteiger partial charge in [0.2, 0.25) is 0 Å². The highest BCUT2D eigenvalue weighted by Gasteiger charge is 2.31. The number of alkyl halides is 3. The van der Waals surface area contributed by atoms with Crippen LogP contribution in [0.4, 0.5) is 18.9 Å². The van der Waals surface area contributed by atoms with E-state index < -0.39 is 35.2 Å². The molecule has 39 heavy (non-hydrogen) atoms. The SMILES string of the molecule is COc1cc(/C(C)=N/NC(=O)C(=O)Nc2cc(C(F)(F)F)ccc2Cl)ccc1OC(=O)c1ccccc1OC. The maximum absolute atomic E-state index is 12.9. The number of amides is 2. The molecule has 0 unspecified atom stereocenters. The number of esters is 1. The van der Waals surface area contributed by atoms with Crippen LogP contribution >= 0.6 is 11.6 Å². The molecule has 0 aliphatic rings. The number of rotatable bonds is 7. The summed E-state index contributed by atoms with van der Waals surface area (Å²) in [4.78, 5) is 37.0. The molecule has 3 aromatic carbocycles. The van der Waals surface area contributed by atoms with E-state index in [1.807, 2.05) is 10.7 Å². The zero-order valence-electron chi connectivity index (χ0n) is 20.7. The van der Waals surface area contributed by atoms with Crippen LogP contribution in [0.5, 0.6) is 17.2 Å². The fourth-order valence-corrected chi connectivity index (χ4v) is 3.34. The highest BCUT2D eigenvalue weighted by atomic mass is 35.5. The Morgan fingerprint density at radius 3 is 2.23 bits per heavy atom. The standard InChI is InChI=1S/C26H21ClF3N3O6/c1-14(32-33-24(35)23(34)31-19-13-16(26(28,29)30)9-10-18(19)27)15-8-11-21(22(12-15)38-3)39-25(36)17-6-4-5-7-20(17)37-2/h4-13H,1-3H3,(H,31,34)(H,33,35)/b32-14+. The molecule has 9 nitrogen and oxygen atoms in total. The molecule has 0 radical (unpaired) electrons. The Balaban J connectivity index is 1.70. The Morgan fingerprint density at radius 1 is 0.872 bits per heavy atom. The Hall–Kier alpha value is -4.58. The number of hydrogen-bond donors (Lipinski definition) is 2. The van der Waals surface area contributed by atoms with Gasteiger partial charge in [0.1, 0.15) is 11.3 Å². The normalized spacial score (nSPS) is 11.4. The predicted molar refractivity (Wildman–Crippen MR) is 136 cm³/mol. The summed E-state index contributed by atoms with van der Waals surface area (Å²) >= 11 is 5.83. The van der Waals surface area contributed by atoms with E-state index in [1.54, 1.807) is 24.3 Å². The third kappa shape index (κ3) is 7.26. The number of anilines is 1.